The Morgan fingerprint density at radius 1 is 1.41 bits per heavy atom. The molecule has 3 N–H and O–H groups in total. The van der Waals surface area contributed by atoms with E-state index in [4.69, 9.17) is 9.79 Å². The van der Waals surface area contributed by atoms with E-state index >= 15 is 0 Å². The number of allylic oxidation sites excluding steroid dienone is 2. The van der Waals surface area contributed by atoms with Crippen LogP contribution in [0, 0.1) is 5.82 Å². The Morgan fingerprint density at radius 2 is 2.06 bits per heavy atom. The first-order valence-electron chi connectivity index (χ1n) is 4.48. The summed E-state index contributed by atoms with van der Waals surface area (Å²) < 4.78 is 24.1. The van der Waals surface area contributed by atoms with Crippen molar-refractivity contribution in [3.63, 3.8) is 0 Å². The van der Waals surface area contributed by atoms with Crippen molar-refractivity contribution in [2.24, 2.45) is 0 Å². The Hall–Kier alpha value is -1.50. The van der Waals surface area contributed by atoms with Crippen molar-refractivity contribution in [3.8, 4) is 0 Å². The summed E-state index contributed by atoms with van der Waals surface area (Å²) in [7, 11) is -4.12. The Morgan fingerprint density at radius 3 is 2.65 bits per heavy atom. The van der Waals surface area contributed by atoms with E-state index in [-0.39, 0.29) is 6.54 Å². The van der Waals surface area contributed by atoms with E-state index in [0.29, 0.717) is 0 Å². The van der Waals surface area contributed by atoms with Crippen LogP contribution in [0.1, 0.15) is 0 Å². The molecule has 0 atom stereocenters. The zero-order chi connectivity index (χ0) is 13.1. The molecule has 0 aliphatic carbocycles. The Kier molecular flexibility index (Phi) is 4.17. The fraction of sp³-hybridized carbons (Fsp3) is 0.250. The monoisotopic (exact) mass is 264 g/mol. The fourth-order valence-electron chi connectivity index (χ4n) is 1.02. The zero-order valence-corrected chi connectivity index (χ0v) is 9.43. The molecule has 0 aromatic carbocycles. The maximum atomic E-state index is 12.8. The minimum atomic E-state index is -4.12. The molecule has 0 spiro atoms. The quantitative estimate of drug-likeness (QED) is 0.497. The van der Waals surface area contributed by atoms with Crippen molar-refractivity contribution in [2.45, 2.75) is 6.54 Å². The van der Waals surface area contributed by atoms with Gasteiger partial charge in [0.15, 0.2) is 0 Å². The van der Waals surface area contributed by atoms with Gasteiger partial charge in [-0.1, -0.05) is 12.2 Å². The molecule has 0 amide bonds. The van der Waals surface area contributed by atoms with Crippen LogP contribution in [0.5, 0.6) is 0 Å². The Labute approximate surface area is 94.4 Å². The van der Waals surface area contributed by atoms with Crippen molar-refractivity contribution in [3.05, 3.63) is 45.0 Å². The van der Waals surface area contributed by atoms with Crippen LogP contribution in [0.3, 0.4) is 0 Å². The first-order valence-corrected chi connectivity index (χ1v) is 6.28. The average Bonchev–Trinajstić information content (AvgIpc) is 2.18. The van der Waals surface area contributed by atoms with E-state index in [1.807, 2.05) is 0 Å². The van der Waals surface area contributed by atoms with Crippen LogP contribution in [0.25, 0.3) is 0 Å². The number of aromatic amines is 1. The molecular weight excluding hydrogens is 254 g/mol. The molecule has 1 aromatic rings. The number of nitrogens with one attached hydrogen (secondary N) is 1. The maximum Gasteiger partial charge on any atom is 0.329 e. The van der Waals surface area contributed by atoms with Crippen molar-refractivity contribution in [2.75, 3.05) is 6.16 Å². The van der Waals surface area contributed by atoms with Crippen molar-refractivity contribution in [1.29, 1.82) is 0 Å². The number of halogens is 1. The number of H-pyrrole nitrogens is 1. The Balaban J connectivity index is 2.77. The largest absolute Gasteiger partial charge is 0.329 e. The maximum absolute atomic E-state index is 12.8. The highest BCUT2D eigenvalue weighted by Gasteiger charge is 2.08. The number of rotatable bonds is 4. The van der Waals surface area contributed by atoms with Gasteiger partial charge in [0.05, 0.1) is 12.4 Å². The number of hydrogen-bond acceptors (Lipinski definition) is 3. The van der Waals surface area contributed by atoms with Crippen molar-refractivity contribution >= 4 is 7.60 Å². The third-order valence-electron chi connectivity index (χ3n) is 1.78. The summed E-state index contributed by atoms with van der Waals surface area (Å²) in [6.45, 7) is -0.0907. The van der Waals surface area contributed by atoms with E-state index in [9.17, 15) is 18.5 Å². The zero-order valence-electron chi connectivity index (χ0n) is 8.54. The molecule has 0 bridgehead atoms. The molecule has 1 heterocycles. The fourth-order valence-corrected chi connectivity index (χ4v) is 1.44. The van der Waals surface area contributed by atoms with Gasteiger partial charge in [0.2, 0.25) is 5.82 Å². The van der Waals surface area contributed by atoms with Gasteiger partial charge in [-0.05, 0) is 0 Å². The SMILES string of the molecule is O=c1[nH]c(=O)n(C/C=C/CP(=O)(O)O)cc1F. The lowest BCUT2D eigenvalue weighted by atomic mass is 10.5. The van der Waals surface area contributed by atoms with Gasteiger partial charge in [0.25, 0.3) is 5.56 Å². The number of hydrogen-bond donors (Lipinski definition) is 3. The van der Waals surface area contributed by atoms with Crippen LogP contribution in [0.15, 0.2) is 27.9 Å². The van der Waals surface area contributed by atoms with Gasteiger partial charge in [-0.3, -0.25) is 18.9 Å². The first-order chi connectivity index (χ1) is 7.79. The normalized spacial score (nSPS) is 12.2. The topological polar surface area (TPSA) is 112 Å². The molecule has 9 heteroatoms. The summed E-state index contributed by atoms with van der Waals surface area (Å²) in [6, 6.07) is 0. The highest BCUT2D eigenvalue weighted by atomic mass is 31.2. The molecule has 0 radical (unpaired) electrons. The molecule has 0 aliphatic heterocycles. The van der Waals surface area contributed by atoms with Gasteiger partial charge in [0.1, 0.15) is 0 Å². The van der Waals surface area contributed by atoms with Crippen LogP contribution in [0.4, 0.5) is 4.39 Å². The molecule has 17 heavy (non-hydrogen) atoms. The van der Waals surface area contributed by atoms with E-state index in [2.05, 4.69) is 0 Å². The molecule has 0 unspecified atom stereocenters. The van der Waals surface area contributed by atoms with Gasteiger partial charge in [-0.15, -0.1) is 0 Å². The van der Waals surface area contributed by atoms with Crippen LogP contribution < -0.4 is 11.2 Å². The number of nitrogens with zero attached hydrogens (tertiary/aromatic N) is 1. The molecule has 7 nitrogen and oxygen atoms in total. The van der Waals surface area contributed by atoms with Gasteiger partial charge in [0, 0.05) is 6.54 Å². The van der Waals surface area contributed by atoms with Gasteiger partial charge in [-0.25, -0.2) is 4.79 Å². The second-order valence-corrected chi connectivity index (χ2v) is 4.90. The predicted molar refractivity (Wildman–Crippen MR) is 57.3 cm³/mol. The molecule has 0 aliphatic rings. The first kappa shape index (κ1) is 13.6. The predicted octanol–water partition coefficient (Wildman–Crippen LogP) is -0.590. The third-order valence-corrected chi connectivity index (χ3v) is 2.47. The summed E-state index contributed by atoms with van der Waals surface area (Å²) in [5.41, 5.74) is -1.90. The van der Waals surface area contributed by atoms with Crippen LogP contribution >= 0.6 is 7.60 Å². The van der Waals surface area contributed by atoms with Gasteiger partial charge >= 0.3 is 13.3 Å². The molecule has 0 saturated heterocycles. The molecule has 94 valence electrons. The molecule has 0 fully saturated rings. The van der Waals surface area contributed by atoms with Crippen LogP contribution in [-0.4, -0.2) is 25.5 Å². The second-order valence-electron chi connectivity index (χ2n) is 3.21. The smallest absolute Gasteiger partial charge is 0.324 e. The summed E-state index contributed by atoms with van der Waals surface area (Å²) >= 11 is 0. The number of aromatic nitrogens is 2. The van der Waals surface area contributed by atoms with Crippen LogP contribution in [-0.2, 0) is 11.1 Å². The Bertz CT molecular complexity index is 584. The average molecular weight is 264 g/mol. The van der Waals surface area contributed by atoms with Crippen LogP contribution in [0.2, 0.25) is 0 Å². The molecule has 1 aromatic heterocycles. The highest BCUT2D eigenvalue weighted by Crippen LogP contribution is 2.33. The molecular formula is C8H10FN2O5P. The lowest BCUT2D eigenvalue weighted by Crippen LogP contribution is -2.31. The van der Waals surface area contributed by atoms with E-state index in [1.54, 1.807) is 4.98 Å². The van der Waals surface area contributed by atoms with E-state index < -0.39 is 30.8 Å². The van der Waals surface area contributed by atoms with Gasteiger partial charge < -0.3 is 9.79 Å². The lowest BCUT2D eigenvalue weighted by molar-refractivity contribution is 0.377. The summed E-state index contributed by atoms with van der Waals surface area (Å²) in [5.74, 6) is -1.10. The molecule has 0 saturated carbocycles. The van der Waals surface area contributed by atoms with Crippen molar-refractivity contribution in [1.82, 2.24) is 9.55 Å². The van der Waals surface area contributed by atoms with Crippen molar-refractivity contribution < 1.29 is 18.7 Å². The second kappa shape index (κ2) is 5.22. The minimum Gasteiger partial charge on any atom is -0.324 e. The van der Waals surface area contributed by atoms with Gasteiger partial charge in [-0.2, -0.15) is 4.39 Å². The van der Waals surface area contributed by atoms with E-state index in [1.165, 1.54) is 12.2 Å². The standard InChI is InChI=1S/C8H10FN2O5P/c9-6-5-11(8(13)10-7(6)12)3-1-2-4-17(14,15)16/h1-2,5H,3-4H2,(H,10,12,13)(H2,14,15,16)/b2-1+. The minimum absolute atomic E-state index is 0.0907. The summed E-state index contributed by atoms with van der Waals surface area (Å²) in [5, 5.41) is 0. The third kappa shape index (κ3) is 4.48. The lowest BCUT2D eigenvalue weighted by Gasteiger charge is -2.01. The summed E-state index contributed by atoms with van der Waals surface area (Å²) in [6.07, 6.45) is 2.73. The van der Waals surface area contributed by atoms with E-state index in [0.717, 1.165) is 10.8 Å². The highest BCUT2D eigenvalue weighted by molar-refractivity contribution is 7.51. The summed E-state index contributed by atoms with van der Waals surface area (Å²) in [4.78, 5) is 40.6. The molecule has 1 rings (SSSR count).